The van der Waals surface area contributed by atoms with Gasteiger partial charge in [-0.1, -0.05) is 19.1 Å². The summed E-state index contributed by atoms with van der Waals surface area (Å²) in [7, 11) is 0. The van der Waals surface area contributed by atoms with Crippen LogP contribution in [0.5, 0.6) is 0 Å². The summed E-state index contributed by atoms with van der Waals surface area (Å²) in [6, 6.07) is 9.45. The Balaban J connectivity index is 0.00000385. The summed E-state index contributed by atoms with van der Waals surface area (Å²) in [5, 5.41) is 7.12. The van der Waals surface area contributed by atoms with Gasteiger partial charge >= 0.3 is 0 Å². The molecule has 0 atom stereocenters. The molecule has 7 heteroatoms. The Kier molecular flexibility index (Phi) is 13.5. The summed E-state index contributed by atoms with van der Waals surface area (Å²) in [4.78, 5) is 12.6. The fraction of sp³-hybridized carbons (Fsp3) is 0.731. The molecule has 2 aliphatic rings. The molecule has 3 rings (SSSR count). The molecule has 2 N–H and O–H groups in total. The Bertz CT molecular complexity index is 681. The maximum Gasteiger partial charge on any atom is 0.191 e. The van der Waals surface area contributed by atoms with Crippen molar-refractivity contribution < 1.29 is 0 Å². The Morgan fingerprint density at radius 1 is 0.970 bits per heavy atom. The lowest BCUT2D eigenvalue weighted by molar-refractivity contribution is 0.206. The van der Waals surface area contributed by atoms with Crippen LogP contribution in [0.15, 0.2) is 29.3 Å². The molecule has 1 aromatic carbocycles. The molecule has 33 heavy (non-hydrogen) atoms. The van der Waals surface area contributed by atoms with E-state index in [4.69, 9.17) is 4.99 Å². The lowest BCUT2D eigenvalue weighted by atomic mass is 10.1. The van der Waals surface area contributed by atoms with Crippen LogP contribution in [0.1, 0.15) is 51.5 Å². The number of unbranched alkanes of at least 4 members (excludes halogenated alkanes) is 1. The first-order valence-electron chi connectivity index (χ1n) is 13.0. The van der Waals surface area contributed by atoms with E-state index >= 15 is 0 Å². The van der Waals surface area contributed by atoms with Crippen molar-refractivity contribution in [2.75, 3.05) is 70.3 Å². The van der Waals surface area contributed by atoms with E-state index in [9.17, 15) is 0 Å². The van der Waals surface area contributed by atoms with E-state index in [-0.39, 0.29) is 24.0 Å². The van der Waals surface area contributed by atoms with E-state index in [0.29, 0.717) is 6.04 Å². The highest BCUT2D eigenvalue weighted by atomic mass is 127. The predicted octanol–water partition coefficient (Wildman–Crippen LogP) is 3.94. The average molecular weight is 571 g/mol. The molecule has 0 unspecified atom stereocenters. The van der Waals surface area contributed by atoms with E-state index in [0.717, 1.165) is 51.6 Å². The van der Waals surface area contributed by atoms with E-state index in [1.807, 2.05) is 0 Å². The number of piperidine rings is 1. The van der Waals surface area contributed by atoms with Crippen LogP contribution in [0.25, 0.3) is 0 Å². The van der Waals surface area contributed by atoms with Gasteiger partial charge in [0, 0.05) is 64.1 Å². The molecule has 0 saturated carbocycles. The highest BCUT2D eigenvalue weighted by Gasteiger charge is 2.19. The van der Waals surface area contributed by atoms with E-state index in [1.54, 1.807) is 0 Å². The number of piperazine rings is 1. The van der Waals surface area contributed by atoms with Gasteiger partial charge in [-0.15, -0.1) is 24.0 Å². The minimum Gasteiger partial charge on any atom is -0.369 e. The summed E-state index contributed by atoms with van der Waals surface area (Å²) in [6.07, 6.45) is 6.08. The van der Waals surface area contributed by atoms with E-state index in [1.165, 1.54) is 63.1 Å². The number of benzene rings is 1. The van der Waals surface area contributed by atoms with Crippen molar-refractivity contribution >= 4 is 35.6 Å². The molecule has 2 aliphatic heterocycles. The van der Waals surface area contributed by atoms with Gasteiger partial charge in [0.25, 0.3) is 0 Å². The molecule has 2 fully saturated rings. The first kappa shape index (κ1) is 28.2. The van der Waals surface area contributed by atoms with Gasteiger partial charge in [0.1, 0.15) is 0 Å². The Labute approximate surface area is 219 Å². The minimum atomic E-state index is 0. The van der Waals surface area contributed by atoms with Crippen LogP contribution in [0.2, 0.25) is 0 Å². The number of hydrogen-bond donors (Lipinski definition) is 2. The fourth-order valence-electron chi connectivity index (χ4n) is 4.82. The third-order valence-electron chi connectivity index (χ3n) is 6.70. The number of aliphatic imine (C=N–C) groups is 1. The number of aryl methyl sites for hydroxylation is 1. The standard InChI is InChI=1S/C26H46N6.HI/c1-4-14-30-16-11-24(12-17-30)29-26(27-5-2)28-13-6-7-15-31-18-20-32(21-19-31)25-10-8-9-23(3)22-25;/h8-10,22,24H,4-7,11-21H2,1-3H3,(H2,27,28,29);1H. The smallest absolute Gasteiger partial charge is 0.191 e. The van der Waals surface area contributed by atoms with Gasteiger partial charge in [-0.25, -0.2) is 0 Å². The van der Waals surface area contributed by atoms with Crippen molar-refractivity contribution in [2.45, 2.75) is 58.9 Å². The first-order chi connectivity index (χ1) is 15.7. The molecule has 0 amide bonds. The van der Waals surface area contributed by atoms with E-state index < -0.39 is 0 Å². The summed E-state index contributed by atoms with van der Waals surface area (Å²) < 4.78 is 0. The van der Waals surface area contributed by atoms with Crippen molar-refractivity contribution in [3.63, 3.8) is 0 Å². The average Bonchev–Trinajstić information content (AvgIpc) is 2.81. The zero-order valence-corrected chi connectivity index (χ0v) is 23.5. The maximum absolute atomic E-state index is 4.86. The monoisotopic (exact) mass is 570 g/mol. The molecule has 188 valence electrons. The third kappa shape index (κ3) is 9.99. The largest absolute Gasteiger partial charge is 0.369 e. The topological polar surface area (TPSA) is 46.1 Å². The number of guanidine groups is 1. The van der Waals surface area contributed by atoms with Crippen LogP contribution in [0.4, 0.5) is 5.69 Å². The molecule has 0 spiro atoms. The maximum atomic E-state index is 4.86. The second-order valence-corrected chi connectivity index (χ2v) is 9.40. The van der Waals surface area contributed by atoms with Crippen LogP contribution in [0.3, 0.4) is 0 Å². The first-order valence-corrected chi connectivity index (χ1v) is 13.0. The number of nitrogens with zero attached hydrogens (tertiary/aromatic N) is 4. The van der Waals surface area contributed by atoms with E-state index in [2.05, 4.69) is 70.4 Å². The van der Waals surface area contributed by atoms with Crippen molar-refractivity contribution in [3.05, 3.63) is 29.8 Å². The molecule has 1 aromatic rings. The summed E-state index contributed by atoms with van der Waals surface area (Å²) in [6.45, 7) is 17.9. The molecule has 6 nitrogen and oxygen atoms in total. The van der Waals surface area contributed by atoms with Crippen molar-refractivity contribution in [3.8, 4) is 0 Å². The van der Waals surface area contributed by atoms with Crippen LogP contribution in [-0.2, 0) is 0 Å². The highest BCUT2D eigenvalue weighted by molar-refractivity contribution is 14.0. The predicted molar refractivity (Wildman–Crippen MR) is 153 cm³/mol. The van der Waals surface area contributed by atoms with Crippen molar-refractivity contribution in [2.24, 2.45) is 4.99 Å². The van der Waals surface area contributed by atoms with Gasteiger partial charge in [-0.3, -0.25) is 9.89 Å². The van der Waals surface area contributed by atoms with Gasteiger partial charge in [-0.2, -0.15) is 0 Å². The zero-order chi connectivity index (χ0) is 22.6. The fourth-order valence-corrected chi connectivity index (χ4v) is 4.82. The quantitative estimate of drug-likeness (QED) is 0.193. The van der Waals surface area contributed by atoms with Gasteiger partial charge in [0.2, 0.25) is 0 Å². The molecule has 0 aromatic heterocycles. The minimum absolute atomic E-state index is 0. The van der Waals surface area contributed by atoms with Crippen LogP contribution in [-0.4, -0.2) is 87.2 Å². The van der Waals surface area contributed by atoms with Gasteiger partial charge in [0.15, 0.2) is 5.96 Å². The Hall–Kier alpha value is -1.06. The van der Waals surface area contributed by atoms with Crippen LogP contribution < -0.4 is 15.5 Å². The number of likely N-dealkylation sites (tertiary alicyclic amines) is 1. The lowest BCUT2D eigenvalue weighted by Gasteiger charge is -2.36. The Morgan fingerprint density at radius 3 is 2.36 bits per heavy atom. The van der Waals surface area contributed by atoms with Gasteiger partial charge < -0.3 is 20.4 Å². The second-order valence-electron chi connectivity index (χ2n) is 9.40. The molecular formula is C26H47IN6. The summed E-state index contributed by atoms with van der Waals surface area (Å²) in [5.74, 6) is 1.01. The lowest BCUT2D eigenvalue weighted by Crippen LogP contribution is -2.48. The second kappa shape index (κ2) is 15.8. The number of halogens is 1. The molecule has 0 aliphatic carbocycles. The number of nitrogens with one attached hydrogen (secondary N) is 2. The molecule has 0 bridgehead atoms. The molecule has 2 saturated heterocycles. The summed E-state index contributed by atoms with van der Waals surface area (Å²) >= 11 is 0. The van der Waals surface area contributed by atoms with Crippen molar-refractivity contribution in [1.82, 2.24) is 20.4 Å². The molecule has 0 radical (unpaired) electrons. The number of anilines is 1. The zero-order valence-electron chi connectivity index (χ0n) is 21.2. The third-order valence-corrected chi connectivity index (χ3v) is 6.70. The normalized spacial score (nSPS) is 18.8. The number of hydrogen-bond acceptors (Lipinski definition) is 4. The van der Waals surface area contributed by atoms with Gasteiger partial charge in [-0.05, 0) is 76.7 Å². The van der Waals surface area contributed by atoms with Gasteiger partial charge in [0.05, 0.1) is 0 Å². The summed E-state index contributed by atoms with van der Waals surface area (Å²) in [5.41, 5.74) is 2.72. The van der Waals surface area contributed by atoms with Crippen LogP contribution in [0, 0.1) is 6.92 Å². The SMILES string of the molecule is CCCN1CCC(NC(=NCCCCN2CCN(c3cccc(C)c3)CC2)NCC)CC1.I. The Morgan fingerprint density at radius 2 is 1.70 bits per heavy atom. The number of rotatable bonds is 10. The molecular weight excluding hydrogens is 523 g/mol. The molecule has 2 heterocycles. The van der Waals surface area contributed by atoms with Crippen LogP contribution >= 0.6 is 24.0 Å². The highest BCUT2D eigenvalue weighted by Crippen LogP contribution is 2.18. The van der Waals surface area contributed by atoms with Crippen molar-refractivity contribution in [1.29, 1.82) is 0 Å².